The maximum atomic E-state index is 14.0. The molecule has 1 aromatic rings. The summed E-state index contributed by atoms with van der Waals surface area (Å²) in [6.07, 6.45) is 1.44. The van der Waals surface area contributed by atoms with Crippen molar-refractivity contribution < 1.29 is 4.39 Å². The highest BCUT2D eigenvalue weighted by atomic mass is 35.5. The number of halogens is 2. The predicted molar refractivity (Wildman–Crippen MR) is 58.3 cm³/mol. The molecule has 2 N–H and O–H groups in total. The molecule has 0 aliphatic heterocycles. The molecular weight excluding hydrogens is 201 g/mol. The van der Waals surface area contributed by atoms with Gasteiger partial charge in [0.1, 0.15) is 5.67 Å². The van der Waals surface area contributed by atoms with Crippen LogP contribution in [0.25, 0.3) is 0 Å². The van der Waals surface area contributed by atoms with E-state index in [0.29, 0.717) is 13.0 Å². The lowest BCUT2D eigenvalue weighted by molar-refractivity contribution is 0.283. The second-order valence-corrected chi connectivity index (χ2v) is 3.71. The predicted octanol–water partition coefficient (Wildman–Crippen LogP) is 2.64. The molecule has 0 radical (unpaired) electrons. The Hall–Kier alpha value is -0.600. The Balaban J connectivity index is 0.000000980. The van der Waals surface area contributed by atoms with Crippen molar-refractivity contribution >= 4 is 12.4 Å². The van der Waals surface area contributed by atoms with Gasteiger partial charge < -0.3 is 5.73 Å². The van der Waals surface area contributed by atoms with Gasteiger partial charge in [-0.3, -0.25) is 0 Å². The molecule has 0 bridgehead atoms. The van der Waals surface area contributed by atoms with Gasteiger partial charge in [0.25, 0.3) is 0 Å². The normalized spacial score (nSPS) is 29.4. The van der Waals surface area contributed by atoms with Gasteiger partial charge in [-0.25, -0.2) is 4.39 Å². The van der Waals surface area contributed by atoms with Crippen molar-refractivity contribution in [2.75, 3.05) is 6.54 Å². The molecule has 0 amide bonds. The summed E-state index contributed by atoms with van der Waals surface area (Å²) in [5.41, 5.74) is 5.15. The summed E-state index contributed by atoms with van der Waals surface area (Å²) < 4.78 is 14.0. The molecular formula is C11H15ClFN. The molecule has 1 saturated carbocycles. The zero-order valence-corrected chi connectivity index (χ0v) is 8.77. The van der Waals surface area contributed by atoms with E-state index in [4.69, 9.17) is 5.73 Å². The number of alkyl halides is 1. The van der Waals surface area contributed by atoms with Gasteiger partial charge in [-0.05, 0) is 24.9 Å². The van der Waals surface area contributed by atoms with Gasteiger partial charge in [-0.15, -0.1) is 12.4 Å². The van der Waals surface area contributed by atoms with Crippen LogP contribution in [0.2, 0.25) is 0 Å². The van der Waals surface area contributed by atoms with Gasteiger partial charge in [0.15, 0.2) is 0 Å². The second kappa shape index (κ2) is 4.28. The molecule has 2 atom stereocenters. The van der Waals surface area contributed by atoms with E-state index in [9.17, 15) is 4.39 Å². The van der Waals surface area contributed by atoms with E-state index in [1.54, 1.807) is 0 Å². The van der Waals surface area contributed by atoms with Crippen LogP contribution in [0, 0.1) is 5.92 Å². The Kier molecular flexibility index (Phi) is 3.51. The van der Waals surface area contributed by atoms with E-state index in [-0.39, 0.29) is 18.3 Å². The van der Waals surface area contributed by atoms with Crippen LogP contribution in [0.4, 0.5) is 4.39 Å². The van der Waals surface area contributed by atoms with Crippen LogP contribution in [-0.2, 0) is 5.67 Å². The molecule has 1 aromatic carbocycles. The number of hydrogen-bond donors (Lipinski definition) is 1. The first-order valence-corrected chi connectivity index (χ1v) is 4.72. The highest BCUT2D eigenvalue weighted by Crippen LogP contribution is 2.56. The third-order valence-corrected chi connectivity index (χ3v) is 2.80. The first-order valence-electron chi connectivity index (χ1n) is 4.72. The average molecular weight is 216 g/mol. The Labute approximate surface area is 89.9 Å². The minimum Gasteiger partial charge on any atom is -0.330 e. The van der Waals surface area contributed by atoms with Crippen LogP contribution in [0.5, 0.6) is 0 Å². The summed E-state index contributed by atoms with van der Waals surface area (Å²) >= 11 is 0. The molecule has 0 heterocycles. The monoisotopic (exact) mass is 215 g/mol. The highest BCUT2D eigenvalue weighted by Gasteiger charge is 2.55. The van der Waals surface area contributed by atoms with Crippen molar-refractivity contribution in [2.24, 2.45) is 11.7 Å². The van der Waals surface area contributed by atoms with E-state index in [1.165, 1.54) is 0 Å². The summed E-state index contributed by atoms with van der Waals surface area (Å²) in [7, 11) is 0. The number of hydrogen-bond acceptors (Lipinski definition) is 1. The van der Waals surface area contributed by atoms with E-state index in [0.717, 1.165) is 12.0 Å². The zero-order chi connectivity index (χ0) is 9.31. The molecule has 1 fully saturated rings. The third-order valence-electron chi connectivity index (χ3n) is 2.80. The molecule has 1 aliphatic carbocycles. The maximum absolute atomic E-state index is 14.0. The van der Waals surface area contributed by atoms with Crippen molar-refractivity contribution in [3.63, 3.8) is 0 Å². The lowest BCUT2D eigenvalue weighted by atomic mass is 10.1. The lowest BCUT2D eigenvalue weighted by Crippen LogP contribution is -2.06. The fourth-order valence-electron chi connectivity index (χ4n) is 1.90. The van der Waals surface area contributed by atoms with Crippen LogP contribution in [0.15, 0.2) is 30.3 Å². The molecule has 2 rings (SSSR count). The Morgan fingerprint density at radius 3 is 2.57 bits per heavy atom. The van der Waals surface area contributed by atoms with E-state index in [1.807, 2.05) is 30.3 Å². The number of rotatable bonds is 3. The maximum Gasteiger partial charge on any atom is 0.139 e. The van der Waals surface area contributed by atoms with Crippen LogP contribution in [-0.4, -0.2) is 6.54 Å². The number of benzene rings is 1. The van der Waals surface area contributed by atoms with Gasteiger partial charge in [0.05, 0.1) is 0 Å². The van der Waals surface area contributed by atoms with E-state index >= 15 is 0 Å². The summed E-state index contributed by atoms with van der Waals surface area (Å²) in [5.74, 6) is 0.153. The van der Waals surface area contributed by atoms with Gasteiger partial charge >= 0.3 is 0 Å². The molecule has 78 valence electrons. The molecule has 0 aromatic heterocycles. The minimum absolute atomic E-state index is 0. The summed E-state index contributed by atoms with van der Waals surface area (Å²) in [6.45, 7) is 0.586. The topological polar surface area (TPSA) is 26.0 Å². The molecule has 0 unspecified atom stereocenters. The summed E-state index contributed by atoms with van der Waals surface area (Å²) in [6, 6.07) is 9.39. The average Bonchev–Trinajstić information content (AvgIpc) is 2.81. The Morgan fingerprint density at radius 1 is 1.36 bits per heavy atom. The number of nitrogens with two attached hydrogens (primary N) is 1. The summed E-state index contributed by atoms with van der Waals surface area (Å²) in [4.78, 5) is 0. The van der Waals surface area contributed by atoms with Gasteiger partial charge in [-0.2, -0.15) is 0 Å². The highest BCUT2D eigenvalue weighted by molar-refractivity contribution is 5.85. The lowest BCUT2D eigenvalue weighted by Gasteiger charge is -2.06. The zero-order valence-electron chi connectivity index (χ0n) is 7.95. The molecule has 14 heavy (non-hydrogen) atoms. The Morgan fingerprint density at radius 2 is 2.00 bits per heavy atom. The largest absolute Gasteiger partial charge is 0.330 e. The molecule has 0 saturated heterocycles. The van der Waals surface area contributed by atoms with Crippen molar-refractivity contribution in [1.29, 1.82) is 0 Å². The SMILES string of the molecule is Cl.NCC[C@@H]1C[C@]1(F)c1ccccc1. The Bertz CT molecular complexity index is 291. The first-order chi connectivity index (χ1) is 6.27. The molecule has 1 aliphatic rings. The first kappa shape index (κ1) is 11.5. The van der Waals surface area contributed by atoms with Gasteiger partial charge in [0, 0.05) is 5.92 Å². The van der Waals surface area contributed by atoms with Gasteiger partial charge in [0.2, 0.25) is 0 Å². The van der Waals surface area contributed by atoms with Crippen LogP contribution < -0.4 is 5.73 Å². The van der Waals surface area contributed by atoms with Crippen molar-refractivity contribution in [3.8, 4) is 0 Å². The summed E-state index contributed by atoms with van der Waals surface area (Å²) in [5, 5.41) is 0. The van der Waals surface area contributed by atoms with Crippen LogP contribution in [0.3, 0.4) is 0 Å². The quantitative estimate of drug-likeness (QED) is 0.824. The van der Waals surface area contributed by atoms with Crippen molar-refractivity contribution in [2.45, 2.75) is 18.5 Å². The fourth-order valence-corrected chi connectivity index (χ4v) is 1.90. The van der Waals surface area contributed by atoms with Gasteiger partial charge in [-0.1, -0.05) is 30.3 Å². The standard InChI is InChI=1S/C11H14FN.ClH/c12-11(8-10(11)6-7-13)9-4-2-1-3-5-9;/h1-5,10H,6-8,13H2;1H/t10-,11+;/m1./s1. The minimum atomic E-state index is -1.07. The molecule has 0 spiro atoms. The fraction of sp³-hybridized carbons (Fsp3) is 0.455. The van der Waals surface area contributed by atoms with Crippen molar-refractivity contribution in [1.82, 2.24) is 0 Å². The molecule has 1 nitrogen and oxygen atoms in total. The van der Waals surface area contributed by atoms with Crippen molar-refractivity contribution in [3.05, 3.63) is 35.9 Å². The third kappa shape index (κ3) is 1.91. The van der Waals surface area contributed by atoms with Crippen LogP contribution in [0.1, 0.15) is 18.4 Å². The second-order valence-electron chi connectivity index (χ2n) is 3.71. The molecule has 3 heteroatoms. The smallest absolute Gasteiger partial charge is 0.139 e. The van der Waals surface area contributed by atoms with Crippen LogP contribution >= 0.6 is 12.4 Å². The van der Waals surface area contributed by atoms with E-state index < -0.39 is 5.67 Å². The van der Waals surface area contributed by atoms with E-state index in [2.05, 4.69) is 0 Å².